The lowest BCUT2D eigenvalue weighted by Gasteiger charge is -2.14. The molecular formula is C18H23N5O3. The predicted molar refractivity (Wildman–Crippen MR) is 94.7 cm³/mol. The summed E-state index contributed by atoms with van der Waals surface area (Å²) in [5.41, 5.74) is 2.96. The molecule has 3 rings (SSSR count). The van der Waals surface area contributed by atoms with Gasteiger partial charge in [-0.15, -0.1) is 0 Å². The van der Waals surface area contributed by atoms with Gasteiger partial charge in [-0.3, -0.25) is 14.3 Å². The minimum atomic E-state index is -0.436. The molecule has 138 valence electrons. The van der Waals surface area contributed by atoms with Crippen molar-refractivity contribution in [1.82, 2.24) is 25.0 Å². The fourth-order valence-corrected chi connectivity index (χ4v) is 2.96. The van der Waals surface area contributed by atoms with Crippen molar-refractivity contribution in [3.63, 3.8) is 0 Å². The van der Waals surface area contributed by atoms with Crippen LogP contribution >= 0.6 is 0 Å². The number of carbonyl (C=O) groups is 2. The number of methoxy groups -OCH3 is 1. The second kappa shape index (κ2) is 7.15. The Morgan fingerprint density at radius 1 is 1.46 bits per heavy atom. The molecule has 1 aliphatic rings. The molecular weight excluding hydrogens is 334 g/mol. The van der Waals surface area contributed by atoms with Gasteiger partial charge in [-0.2, -0.15) is 5.10 Å². The summed E-state index contributed by atoms with van der Waals surface area (Å²) in [6.07, 6.45) is 3.53. The smallest absolute Gasteiger partial charge is 0.256 e. The molecule has 3 heterocycles. The first-order valence-electron chi connectivity index (χ1n) is 8.59. The molecule has 0 saturated carbocycles. The Kier molecular flexibility index (Phi) is 4.92. The van der Waals surface area contributed by atoms with E-state index in [1.54, 1.807) is 28.8 Å². The number of ether oxygens (including phenoxy) is 1. The van der Waals surface area contributed by atoms with Crippen LogP contribution < -0.4 is 10.1 Å². The zero-order valence-corrected chi connectivity index (χ0v) is 15.4. The molecule has 8 nitrogen and oxygen atoms in total. The van der Waals surface area contributed by atoms with Crippen LogP contribution in [-0.2, 0) is 17.9 Å². The van der Waals surface area contributed by atoms with E-state index in [1.807, 2.05) is 20.0 Å². The third-order valence-electron chi connectivity index (χ3n) is 4.53. The summed E-state index contributed by atoms with van der Waals surface area (Å²) in [5.74, 6) is 0.222. The maximum atomic E-state index is 12.4. The summed E-state index contributed by atoms with van der Waals surface area (Å²) in [7, 11) is 1.53. The number of pyridine rings is 1. The summed E-state index contributed by atoms with van der Waals surface area (Å²) >= 11 is 0. The quantitative estimate of drug-likeness (QED) is 0.845. The molecule has 2 aromatic rings. The molecule has 0 fully saturated rings. The minimum Gasteiger partial charge on any atom is -0.481 e. The molecule has 1 atom stereocenters. The largest absolute Gasteiger partial charge is 0.481 e. The number of amides is 2. The maximum Gasteiger partial charge on any atom is 0.256 e. The average molecular weight is 357 g/mol. The number of nitrogens with zero attached hydrogens (tertiary/aromatic N) is 4. The van der Waals surface area contributed by atoms with Crippen LogP contribution in [0.15, 0.2) is 18.5 Å². The van der Waals surface area contributed by atoms with Crippen molar-refractivity contribution in [2.75, 3.05) is 13.7 Å². The number of hydrogen-bond donors (Lipinski definition) is 1. The lowest BCUT2D eigenvalue weighted by atomic mass is 10.1. The zero-order valence-electron chi connectivity index (χ0n) is 15.4. The van der Waals surface area contributed by atoms with Gasteiger partial charge in [-0.25, -0.2) is 4.98 Å². The second-order valence-corrected chi connectivity index (χ2v) is 6.36. The number of hydrogen-bond acceptors (Lipinski definition) is 5. The zero-order chi connectivity index (χ0) is 18.8. The highest BCUT2D eigenvalue weighted by atomic mass is 16.5. The van der Waals surface area contributed by atoms with Crippen LogP contribution in [0.4, 0.5) is 0 Å². The third kappa shape index (κ3) is 3.26. The minimum absolute atomic E-state index is 0.0365. The van der Waals surface area contributed by atoms with E-state index in [0.29, 0.717) is 35.8 Å². The Morgan fingerprint density at radius 3 is 2.85 bits per heavy atom. The Bertz CT molecular complexity index is 845. The van der Waals surface area contributed by atoms with Gasteiger partial charge in [0.15, 0.2) is 0 Å². The number of carbonyl (C=O) groups excluding carboxylic acids is 2. The van der Waals surface area contributed by atoms with Crippen molar-refractivity contribution in [3.8, 4) is 5.88 Å². The molecule has 0 radical (unpaired) electrons. The van der Waals surface area contributed by atoms with Crippen molar-refractivity contribution in [2.24, 2.45) is 0 Å². The van der Waals surface area contributed by atoms with Gasteiger partial charge in [-0.1, -0.05) is 0 Å². The molecule has 8 heteroatoms. The Balaban J connectivity index is 1.75. The van der Waals surface area contributed by atoms with Gasteiger partial charge in [-0.05, 0) is 32.4 Å². The van der Waals surface area contributed by atoms with E-state index < -0.39 is 6.04 Å². The van der Waals surface area contributed by atoms with Crippen LogP contribution in [0.2, 0.25) is 0 Å². The van der Waals surface area contributed by atoms with E-state index >= 15 is 0 Å². The van der Waals surface area contributed by atoms with E-state index in [1.165, 1.54) is 7.11 Å². The molecule has 26 heavy (non-hydrogen) atoms. The molecule has 1 aliphatic heterocycles. The normalized spacial score (nSPS) is 14.3. The van der Waals surface area contributed by atoms with Crippen molar-refractivity contribution in [3.05, 3.63) is 40.8 Å². The molecule has 0 spiro atoms. The molecule has 1 unspecified atom stereocenters. The summed E-state index contributed by atoms with van der Waals surface area (Å²) in [6, 6.07) is 1.33. The van der Waals surface area contributed by atoms with Gasteiger partial charge in [0.05, 0.1) is 31.1 Å². The first kappa shape index (κ1) is 17.9. The van der Waals surface area contributed by atoms with Crippen LogP contribution in [0.25, 0.3) is 0 Å². The fraction of sp³-hybridized carbons (Fsp3) is 0.444. The van der Waals surface area contributed by atoms with E-state index in [-0.39, 0.29) is 18.4 Å². The number of nitrogens with one attached hydrogen (secondary N) is 1. The van der Waals surface area contributed by atoms with Gasteiger partial charge < -0.3 is 15.0 Å². The summed E-state index contributed by atoms with van der Waals surface area (Å²) in [6.45, 7) is 6.98. The fourth-order valence-electron chi connectivity index (χ4n) is 2.96. The van der Waals surface area contributed by atoms with E-state index in [2.05, 4.69) is 15.4 Å². The van der Waals surface area contributed by atoms with E-state index in [9.17, 15) is 9.59 Å². The van der Waals surface area contributed by atoms with Gasteiger partial charge in [0, 0.05) is 24.8 Å². The molecule has 0 bridgehead atoms. The van der Waals surface area contributed by atoms with E-state index in [0.717, 1.165) is 5.56 Å². The van der Waals surface area contributed by atoms with Crippen LogP contribution in [0.5, 0.6) is 5.88 Å². The standard InChI is InChI=1S/C18H23N5O3/c1-5-22-10-15-14(18(22)25)6-13(17(21-15)26-4)8-19-16(24)12(3)23-9-11(2)7-20-23/h6-7,9,12H,5,8,10H2,1-4H3,(H,19,24). The Labute approximate surface area is 152 Å². The molecule has 0 saturated heterocycles. The Morgan fingerprint density at radius 2 is 2.23 bits per heavy atom. The van der Waals surface area contributed by atoms with E-state index in [4.69, 9.17) is 4.74 Å². The van der Waals surface area contributed by atoms with Crippen molar-refractivity contribution < 1.29 is 14.3 Å². The maximum absolute atomic E-state index is 12.4. The number of aromatic nitrogens is 3. The summed E-state index contributed by atoms with van der Waals surface area (Å²) in [5, 5.41) is 7.04. The van der Waals surface area contributed by atoms with Gasteiger partial charge in [0.1, 0.15) is 6.04 Å². The van der Waals surface area contributed by atoms with Crippen molar-refractivity contribution in [1.29, 1.82) is 0 Å². The Hall–Kier alpha value is -2.90. The van der Waals surface area contributed by atoms with Crippen LogP contribution in [-0.4, -0.2) is 45.1 Å². The lowest BCUT2D eigenvalue weighted by molar-refractivity contribution is -0.124. The highest BCUT2D eigenvalue weighted by Gasteiger charge is 2.29. The first-order chi connectivity index (χ1) is 12.4. The first-order valence-corrected chi connectivity index (χ1v) is 8.59. The van der Waals surface area contributed by atoms with Crippen molar-refractivity contribution in [2.45, 2.75) is 39.9 Å². The highest BCUT2D eigenvalue weighted by molar-refractivity contribution is 5.98. The number of fused-ring (bicyclic) bond motifs is 1. The summed E-state index contributed by atoms with van der Waals surface area (Å²) in [4.78, 5) is 30.9. The summed E-state index contributed by atoms with van der Waals surface area (Å²) < 4.78 is 6.96. The van der Waals surface area contributed by atoms with Gasteiger partial charge >= 0.3 is 0 Å². The topological polar surface area (TPSA) is 89.3 Å². The lowest BCUT2D eigenvalue weighted by Crippen LogP contribution is -2.31. The molecule has 0 aliphatic carbocycles. The predicted octanol–water partition coefficient (Wildman–Crippen LogP) is 1.45. The average Bonchev–Trinajstić information content (AvgIpc) is 3.21. The molecule has 1 N–H and O–H groups in total. The number of aryl methyl sites for hydroxylation is 1. The molecule has 0 aromatic carbocycles. The van der Waals surface area contributed by atoms with Crippen molar-refractivity contribution >= 4 is 11.8 Å². The van der Waals surface area contributed by atoms with Crippen LogP contribution in [0, 0.1) is 6.92 Å². The van der Waals surface area contributed by atoms with Crippen LogP contribution in [0.1, 0.15) is 47.1 Å². The molecule has 2 amide bonds. The van der Waals surface area contributed by atoms with Gasteiger partial charge in [0.25, 0.3) is 5.91 Å². The second-order valence-electron chi connectivity index (χ2n) is 6.36. The SMILES string of the molecule is CCN1Cc2nc(OC)c(CNC(=O)C(C)n3cc(C)cn3)cc2C1=O. The monoisotopic (exact) mass is 357 g/mol. The van der Waals surface area contributed by atoms with Crippen LogP contribution in [0.3, 0.4) is 0 Å². The molecule has 2 aromatic heterocycles. The number of rotatable bonds is 6. The third-order valence-corrected chi connectivity index (χ3v) is 4.53. The highest BCUT2D eigenvalue weighted by Crippen LogP contribution is 2.27. The van der Waals surface area contributed by atoms with Gasteiger partial charge in [0.2, 0.25) is 11.8 Å².